The lowest BCUT2D eigenvalue weighted by Crippen LogP contribution is -2.30. The number of nitrogens with two attached hydrogens (primary N) is 1. The van der Waals surface area contributed by atoms with Gasteiger partial charge in [-0.1, -0.05) is 6.07 Å². The lowest BCUT2D eigenvalue weighted by molar-refractivity contribution is -0.117. The first kappa shape index (κ1) is 12.7. The maximum atomic E-state index is 12.4. The lowest BCUT2D eigenvalue weighted by Gasteiger charge is -2.17. The number of aryl methyl sites for hydroxylation is 1. The molecule has 0 bridgehead atoms. The number of hydrogen-bond acceptors (Lipinski definition) is 3. The first-order valence-corrected chi connectivity index (χ1v) is 6.75. The SMILES string of the molecule is Cc1cccc(CC(=O)N2CCc3cc(N)ccc32)n1. The van der Waals surface area contributed by atoms with E-state index in [9.17, 15) is 4.79 Å². The molecule has 0 radical (unpaired) electrons. The third-order valence-electron chi connectivity index (χ3n) is 3.58. The van der Waals surface area contributed by atoms with Gasteiger partial charge in [-0.25, -0.2) is 0 Å². The molecule has 0 saturated carbocycles. The number of hydrogen-bond donors (Lipinski definition) is 1. The molecule has 2 aromatic rings. The third kappa shape index (κ3) is 2.37. The molecule has 1 aliphatic heterocycles. The number of amides is 1. The maximum absolute atomic E-state index is 12.4. The van der Waals surface area contributed by atoms with Gasteiger partial charge in [-0.05, 0) is 49.2 Å². The highest BCUT2D eigenvalue weighted by Gasteiger charge is 2.24. The van der Waals surface area contributed by atoms with Crippen LogP contribution in [0, 0.1) is 6.92 Å². The number of pyridine rings is 1. The van der Waals surface area contributed by atoms with Crippen molar-refractivity contribution in [2.75, 3.05) is 17.2 Å². The van der Waals surface area contributed by atoms with Gasteiger partial charge in [0.1, 0.15) is 0 Å². The van der Waals surface area contributed by atoms with Gasteiger partial charge in [0.25, 0.3) is 0 Å². The van der Waals surface area contributed by atoms with E-state index in [0.717, 1.165) is 41.3 Å². The molecule has 1 aromatic heterocycles. The fraction of sp³-hybridized carbons (Fsp3) is 0.250. The minimum absolute atomic E-state index is 0.0895. The van der Waals surface area contributed by atoms with Gasteiger partial charge >= 0.3 is 0 Å². The third-order valence-corrected chi connectivity index (χ3v) is 3.58. The quantitative estimate of drug-likeness (QED) is 0.848. The van der Waals surface area contributed by atoms with Crippen molar-refractivity contribution < 1.29 is 4.79 Å². The summed E-state index contributed by atoms with van der Waals surface area (Å²) in [5.74, 6) is 0.0895. The molecule has 20 heavy (non-hydrogen) atoms. The molecule has 4 nitrogen and oxygen atoms in total. The van der Waals surface area contributed by atoms with E-state index in [2.05, 4.69) is 4.98 Å². The molecular weight excluding hydrogens is 250 g/mol. The number of nitrogen functional groups attached to an aromatic ring is 1. The summed E-state index contributed by atoms with van der Waals surface area (Å²) in [6, 6.07) is 11.5. The van der Waals surface area contributed by atoms with Gasteiger partial charge in [-0.2, -0.15) is 0 Å². The Labute approximate surface area is 118 Å². The Bertz CT molecular complexity index is 667. The van der Waals surface area contributed by atoms with Crippen molar-refractivity contribution in [2.45, 2.75) is 19.8 Å². The van der Waals surface area contributed by atoms with Crippen LogP contribution in [0.1, 0.15) is 17.0 Å². The predicted molar refractivity (Wildman–Crippen MR) is 79.6 cm³/mol. The molecule has 0 saturated heterocycles. The summed E-state index contributed by atoms with van der Waals surface area (Å²) < 4.78 is 0. The molecule has 2 N–H and O–H groups in total. The van der Waals surface area contributed by atoms with Crippen LogP contribution in [0.15, 0.2) is 36.4 Å². The number of nitrogens with zero attached hydrogens (tertiary/aromatic N) is 2. The Balaban J connectivity index is 1.80. The Morgan fingerprint density at radius 3 is 3.00 bits per heavy atom. The van der Waals surface area contributed by atoms with Crippen LogP contribution in [-0.4, -0.2) is 17.4 Å². The van der Waals surface area contributed by atoms with E-state index in [4.69, 9.17) is 5.73 Å². The van der Waals surface area contributed by atoms with Crippen molar-refractivity contribution in [3.63, 3.8) is 0 Å². The monoisotopic (exact) mass is 267 g/mol. The van der Waals surface area contributed by atoms with E-state index >= 15 is 0 Å². The zero-order chi connectivity index (χ0) is 14.1. The van der Waals surface area contributed by atoms with Gasteiger partial charge < -0.3 is 10.6 Å². The van der Waals surface area contributed by atoms with Gasteiger partial charge in [0.15, 0.2) is 0 Å². The number of anilines is 2. The van der Waals surface area contributed by atoms with Crippen LogP contribution in [0.2, 0.25) is 0 Å². The number of benzene rings is 1. The predicted octanol–water partition coefficient (Wildman–Crippen LogP) is 2.10. The molecular formula is C16H17N3O. The highest BCUT2D eigenvalue weighted by molar-refractivity contribution is 5.96. The van der Waals surface area contributed by atoms with Crippen LogP contribution in [0.3, 0.4) is 0 Å². The summed E-state index contributed by atoms with van der Waals surface area (Å²) in [5.41, 5.74) is 10.4. The molecule has 1 amide bonds. The van der Waals surface area contributed by atoms with Crippen molar-refractivity contribution in [3.05, 3.63) is 53.3 Å². The summed E-state index contributed by atoms with van der Waals surface area (Å²) >= 11 is 0. The molecule has 0 unspecified atom stereocenters. The zero-order valence-corrected chi connectivity index (χ0v) is 11.5. The van der Waals surface area contributed by atoms with E-state index in [-0.39, 0.29) is 5.91 Å². The normalized spacial score (nSPS) is 13.3. The fourth-order valence-corrected chi connectivity index (χ4v) is 2.63. The van der Waals surface area contributed by atoms with Crippen LogP contribution in [0.4, 0.5) is 11.4 Å². The summed E-state index contributed by atoms with van der Waals surface area (Å²) in [6.45, 7) is 2.66. The minimum Gasteiger partial charge on any atom is -0.399 e. The summed E-state index contributed by atoms with van der Waals surface area (Å²) in [4.78, 5) is 18.6. The van der Waals surface area contributed by atoms with Gasteiger partial charge in [0.05, 0.1) is 6.42 Å². The number of rotatable bonds is 2. The Morgan fingerprint density at radius 1 is 1.35 bits per heavy atom. The van der Waals surface area contributed by atoms with E-state index in [1.807, 2.05) is 48.2 Å². The van der Waals surface area contributed by atoms with Crippen LogP contribution >= 0.6 is 0 Å². The smallest absolute Gasteiger partial charge is 0.233 e. The maximum Gasteiger partial charge on any atom is 0.233 e. The minimum atomic E-state index is 0.0895. The summed E-state index contributed by atoms with van der Waals surface area (Å²) in [5, 5.41) is 0. The first-order valence-electron chi connectivity index (χ1n) is 6.75. The van der Waals surface area contributed by atoms with E-state index < -0.39 is 0 Å². The second-order valence-electron chi connectivity index (χ2n) is 5.13. The van der Waals surface area contributed by atoms with Crippen molar-refractivity contribution in [3.8, 4) is 0 Å². The molecule has 2 heterocycles. The van der Waals surface area contributed by atoms with Gasteiger partial charge in [0.2, 0.25) is 5.91 Å². The molecule has 1 aliphatic rings. The molecule has 4 heteroatoms. The lowest BCUT2D eigenvalue weighted by atomic mass is 10.1. The molecule has 0 spiro atoms. The van der Waals surface area contributed by atoms with E-state index in [1.165, 1.54) is 0 Å². The highest BCUT2D eigenvalue weighted by Crippen LogP contribution is 2.30. The first-order chi connectivity index (χ1) is 9.63. The van der Waals surface area contributed by atoms with Crippen LogP contribution < -0.4 is 10.6 Å². The van der Waals surface area contributed by atoms with Gasteiger partial charge in [0, 0.05) is 29.3 Å². The van der Waals surface area contributed by atoms with Crippen molar-refractivity contribution in [2.24, 2.45) is 0 Å². The van der Waals surface area contributed by atoms with Crippen LogP contribution in [0.5, 0.6) is 0 Å². The number of carbonyl (C=O) groups excluding carboxylic acids is 1. The zero-order valence-electron chi connectivity index (χ0n) is 11.5. The average Bonchev–Trinajstić information content (AvgIpc) is 2.81. The second-order valence-corrected chi connectivity index (χ2v) is 5.13. The number of carbonyl (C=O) groups is 1. The summed E-state index contributed by atoms with van der Waals surface area (Å²) in [7, 11) is 0. The molecule has 102 valence electrons. The molecule has 0 fully saturated rings. The number of fused-ring (bicyclic) bond motifs is 1. The van der Waals surface area contributed by atoms with E-state index in [1.54, 1.807) is 0 Å². The van der Waals surface area contributed by atoms with Crippen molar-refractivity contribution in [1.82, 2.24) is 4.98 Å². The number of aromatic nitrogens is 1. The largest absolute Gasteiger partial charge is 0.399 e. The van der Waals surface area contributed by atoms with Crippen molar-refractivity contribution >= 4 is 17.3 Å². The average molecular weight is 267 g/mol. The second kappa shape index (κ2) is 4.96. The Morgan fingerprint density at radius 2 is 2.20 bits per heavy atom. The standard InChI is InChI=1S/C16H17N3O/c1-11-3-2-4-14(18-11)10-16(20)19-8-7-12-9-13(17)5-6-15(12)19/h2-6,9H,7-8,10,17H2,1H3. The van der Waals surface area contributed by atoms with Gasteiger partial charge in [-0.15, -0.1) is 0 Å². The molecule has 3 rings (SSSR count). The molecule has 0 aliphatic carbocycles. The van der Waals surface area contributed by atoms with Crippen LogP contribution in [0.25, 0.3) is 0 Å². The molecule has 1 aromatic carbocycles. The van der Waals surface area contributed by atoms with Crippen LogP contribution in [-0.2, 0) is 17.6 Å². The fourth-order valence-electron chi connectivity index (χ4n) is 2.63. The molecule has 0 atom stereocenters. The van der Waals surface area contributed by atoms with E-state index in [0.29, 0.717) is 6.42 Å². The highest BCUT2D eigenvalue weighted by atomic mass is 16.2. The van der Waals surface area contributed by atoms with Crippen molar-refractivity contribution in [1.29, 1.82) is 0 Å². The Hall–Kier alpha value is -2.36. The topological polar surface area (TPSA) is 59.2 Å². The summed E-state index contributed by atoms with van der Waals surface area (Å²) in [6.07, 6.45) is 1.21. The van der Waals surface area contributed by atoms with Gasteiger partial charge in [-0.3, -0.25) is 9.78 Å². The Kier molecular flexibility index (Phi) is 3.14.